The number of hydrogen-bond donors (Lipinski definition) is 3. The molecule has 142 valence electrons. The van der Waals surface area contributed by atoms with Crippen LogP contribution in [0.5, 0.6) is 0 Å². The van der Waals surface area contributed by atoms with Crippen molar-refractivity contribution in [2.45, 2.75) is 57.2 Å². The summed E-state index contributed by atoms with van der Waals surface area (Å²) in [6.07, 6.45) is 0. The van der Waals surface area contributed by atoms with Gasteiger partial charge in [0.1, 0.15) is 0 Å². The first kappa shape index (κ1) is 23.8. The highest BCUT2D eigenvalue weighted by Gasteiger charge is 2.18. The molecule has 0 aliphatic rings. The van der Waals surface area contributed by atoms with Gasteiger partial charge in [0.05, 0.1) is 12.6 Å². The molecule has 0 bridgehead atoms. The summed E-state index contributed by atoms with van der Waals surface area (Å²) in [4.78, 5) is 24.9. The Morgan fingerprint density at radius 2 is 1.84 bits per heavy atom. The molecule has 7 heteroatoms. The number of anilines is 1. The third kappa shape index (κ3) is 8.61. The van der Waals surface area contributed by atoms with Gasteiger partial charge in [0.2, 0.25) is 11.8 Å². The molecule has 2 amide bonds. The smallest absolute Gasteiger partial charge is 0.243 e. The van der Waals surface area contributed by atoms with Crippen LogP contribution in [-0.4, -0.2) is 29.1 Å². The number of carbonyl (C=O) groups is 2. The number of nitrogens with two attached hydrogens (primary N) is 1. The predicted molar refractivity (Wildman–Crippen MR) is 108 cm³/mol. The topological polar surface area (TPSA) is 84.2 Å². The summed E-state index contributed by atoms with van der Waals surface area (Å²) in [7, 11) is 0. The Morgan fingerprint density at radius 1 is 1.24 bits per heavy atom. The molecule has 0 aliphatic carbocycles. The second-order valence-corrected chi connectivity index (χ2v) is 9.13. The number of amides is 2. The molecule has 5 nitrogen and oxygen atoms in total. The third-order valence-corrected chi connectivity index (χ3v) is 4.44. The van der Waals surface area contributed by atoms with Crippen molar-refractivity contribution in [3.63, 3.8) is 0 Å². The van der Waals surface area contributed by atoms with Crippen molar-refractivity contribution in [2.24, 2.45) is 11.7 Å². The summed E-state index contributed by atoms with van der Waals surface area (Å²) in [6.45, 7) is 12.1. The van der Waals surface area contributed by atoms with Crippen LogP contribution in [0.4, 0.5) is 5.69 Å². The van der Waals surface area contributed by atoms with Crippen LogP contribution in [0.3, 0.4) is 0 Å². The SMILES string of the molecule is Cc1cc(SC(C)(C)C)ccc1NC(=O)CNC(=O)[C@@H](N)C(C)C.Cl. The third-order valence-electron chi connectivity index (χ3n) is 3.34. The quantitative estimate of drug-likeness (QED) is 0.653. The van der Waals surface area contributed by atoms with Gasteiger partial charge in [-0.3, -0.25) is 9.59 Å². The Kier molecular flexibility index (Phi) is 9.54. The van der Waals surface area contributed by atoms with Gasteiger partial charge in [-0.25, -0.2) is 0 Å². The van der Waals surface area contributed by atoms with E-state index in [1.165, 1.54) is 0 Å². The van der Waals surface area contributed by atoms with Crippen molar-refractivity contribution in [3.05, 3.63) is 23.8 Å². The van der Waals surface area contributed by atoms with Gasteiger partial charge in [-0.15, -0.1) is 24.2 Å². The average Bonchev–Trinajstić information content (AvgIpc) is 2.45. The Balaban J connectivity index is 0.00000576. The number of hydrogen-bond acceptors (Lipinski definition) is 4. The Morgan fingerprint density at radius 3 is 2.32 bits per heavy atom. The number of thioether (sulfide) groups is 1. The van der Waals surface area contributed by atoms with E-state index in [1.54, 1.807) is 11.8 Å². The van der Waals surface area contributed by atoms with Crippen molar-refractivity contribution < 1.29 is 9.59 Å². The molecule has 0 aromatic heterocycles. The summed E-state index contributed by atoms with van der Waals surface area (Å²) in [6, 6.07) is 5.33. The molecule has 0 saturated heterocycles. The molecule has 1 atom stereocenters. The molecular weight excluding hydrogens is 358 g/mol. The molecule has 25 heavy (non-hydrogen) atoms. The predicted octanol–water partition coefficient (Wildman–Crippen LogP) is 3.35. The van der Waals surface area contributed by atoms with Gasteiger partial charge in [0.25, 0.3) is 0 Å². The van der Waals surface area contributed by atoms with E-state index in [9.17, 15) is 9.59 Å². The van der Waals surface area contributed by atoms with Crippen LogP contribution in [-0.2, 0) is 9.59 Å². The van der Waals surface area contributed by atoms with Crippen molar-refractivity contribution in [1.29, 1.82) is 0 Å². The van der Waals surface area contributed by atoms with E-state index in [2.05, 4.69) is 37.5 Å². The summed E-state index contributed by atoms with van der Waals surface area (Å²) in [5.41, 5.74) is 7.48. The molecule has 0 aliphatic heterocycles. The van der Waals surface area contributed by atoms with Crippen LogP contribution in [0.1, 0.15) is 40.2 Å². The highest BCUT2D eigenvalue weighted by Crippen LogP contribution is 2.33. The van der Waals surface area contributed by atoms with Crippen molar-refractivity contribution in [1.82, 2.24) is 5.32 Å². The zero-order valence-electron chi connectivity index (χ0n) is 15.8. The second kappa shape index (κ2) is 10.0. The molecule has 1 rings (SSSR count). The Labute approximate surface area is 161 Å². The molecule has 1 aromatic rings. The zero-order chi connectivity index (χ0) is 18.5. The van der Waals surface area contributed by atoms with Gasteiger partial charge >= 0.3 is 0 Å². The van der Waals surface area contributed by atoms with Crippen molar-refractivity contribution in [2.75, 3.05) is 11.9 Å². The van der Waals surface area contributed by atoms with Gasteiger partial charge in [0.15, 0.2) is 0 Å². The van der Waals surface area contributed by atoms with Crippen molar-refractivity contribution in [3.8, 4) is 0 Å². The van der Waals surface area contributed by atoms with Crippen LogP contribution in [0.2, 0.25) is 0 Å². The number of carbonyl (C=O) groups excluding carboxylic acids is 2. The zero-order valence-corrected chi connectivity index (χ0v) is 17.4. The highest BCUT2D eigenvalue weighted by atomic mass is 35.5. The first-order valence-corrected chi connectivity index (χ1v) is 8.94. The average molecular weight is 388 g/mol. The summed E-state index contributed by atoms with van der Waals surface area (Å²) >= 11 is 1.78. The molecule has 0 radical (unpaired) electrons. The molecule has 1 aromatic carbocycles. The molecule has 0 fully saturated rings. The number of nitrogens with one attached hydrogen (secondary N) is 2. The lowest BCUT2D eigenvalue weighted by Crippen LogP contribution is -2.46. The van der Waals surface area contributed by atoms with Gasteiger partial charge in [-0.05, 0) is 36.6 Å². The van der Waals surface area contributed by atoms with Crippen LogP contribution in [0.25, 0.3) is 0 Å². The first-order chi connectivity index (χ1) is 11.0. The minimum Gasteiger partial charge on any atom is -0.346 e. The molecule has 0 heterocycles. The monoisotopic (exact) mass is 387 g/mol. The summed E-state index contributed by atoms with van der Waals surface area (Å²) in [5.74, 6) is -0.546. The van der Waals surface area contributed by atoms with Crippen LogP contribution < -0.4 is 16.4 Å². The number of halogens is 1. The second-order valence-electron chi connectivity index (χ2n) is 7.23. The summed E-state index contributed by atoms with van der Waals surface area (Å²) < 4.78 is 0.136. The molecular formula is C18H30ClN3O2S. The lowest BCUT2D eigenvalue weighted by atomic mass is 10.1. The lowest BCUT2D eigenvalue weighted by Gasteiger charge is -2.19. The fourth-order valence-electron chi connectivity index (χ4n) is 1.98. The lowest BCUT2D eigenvalue weighted by molar-refractivity contribution is -0.125. The maximum atomic E-state index is 12.0. The van der Waals surface area contributed by atoms with Crippen LogP contribution in [0, 0.1) is 12.8 Å². The van der Waals surface area contributed by atoms with Crippen LogP contribution >= 0.6 is 24.2 Å². The van der Waals surface area contributed by atoms with E-state index in [4.69, 9.17) is 5.73 Å². The fraction of sp³-hybridized carbons (Fsp3) is 0.556. The van der Waals surface area contributed by atoms with Crippen LogP contribution in [0.15, 0.2) is 23.1 Å². The molecule has 0 unspecified atom stereocenters. The standard InChI is InChI=1S/C18H29N3O2S.ClH/c1-11(2)16(19)17(23)20-10-15(22)21-14-8-7-13(9-12(14)3)24-18(4,5)6;/h7-9,11,16H,10,19H2,1-6H3,(H,20,23)(H,21,22);1H/t16-;/m0./s1. The maximum Gasteiger partial charge on any atom is 0.243 e. The van der Waals surface area contributed by atoms with E-state index >= 15 is 0 Å². The highest BCUT2D eigenvalue weighted by molar-refractivity contribution is 8.00. The Hall–Kier alpha value is -1.24. The largest absolute Gasteiger partial charge is 0.346 e. The van der Waals surface area contributed by atoms with E-state index in [0.29, 0.717) is 0 Å². The molecule has 4 N–H and O–H groups in total. The van der Waals surface area contributed by atoms with Crippen molar-refractivity contribution >= 4 is 41.7 Å². The number of aryl methyl sites for hydroxylation is 1. The van der Waals surface area contributed by atoms with Gasteiger partial charge in [-0.1, -0.05) is 34.6 Å². The van der Waals surface area contributed by atoms with E-state index in [-0.39, 0.29) is 41.4 Å². The minimum absolute atomic E-state index is 0. The summed E-state index contributed by atoms with van der Waals surface area (Å²) in [5, 5.41) is 5.39. The number of benzene rings is 1. The first-order valence-electron chi connectivity index (χ1n) is 8.12. The van der Waals surface area contributed by atoms with Gasteiger partial charge < -0.3 is 16.4 Å². The fourth-order valence-corrected chi connectivity index (χ4v) is 3.05. The maximum absolute atomic E-state index is 12.0. The Bertz CT molecular complexity index is 600. The van der Waals surface area contributed by atoms with Gasteiger partial charge in [0, 0.05) is 15.3 Å². The molecule has 0 spiro atoms. The van der Waals surface area contributed by atoms with E-state index in [0.717, 1.165) is 16.1 Å². The number of rotatable bonds is 6. The minimum atomic E-state index is -0.603. The van der Waals surface area contributed by atoms with Gasteiger partial charge in [-0.2, -0.15) is 0 Å². The van der Waals surface area contributed by atoms with E-state index in [1.807, 2.05) is 32.9 Å². The molecule has 0 saturated carbocycles. The van der Waals surface area contributed by atoms with E-state index < -0.39 is 6.04 Å². The normalized spacial score (nSPS) is 12.3.